The van der Waals surface area contributed by atoms with Gasteiger partial charge in [-0.25, -0.2) is 4.79 Å². The third kappa shape index (κ3) is 6.28. The second kappa shape index (κ2) is 9.71. The molecule has 0 aliphatic carbocycles. The smallest absolute Gasteiger partial charge is 0.344 e. The quantitative estimate of drug-likeness (QED) is 0.431. The number of aldehydes is 1. The Morgan fingerprint density at radius 1 is 1.00 bits per heavy atom. The van der Waals surface area contributed by atoms with Crippen molar-refractivity contribution in [3.8, 4) is 5.75 Å². The molecule has 0 fully saturated rings. The maximum absolute atomic E-state index is 11.9. The van der Waals surface area contributed by atoms with Gasteiger partial charge >= 0.3 is 5.97 Å². The normalized spacial score (nSPS) is 11.0. The molecule has 0 heterocycles. The van der Waals surface area contributed by atoms with Gasteiger partial charge in [0.15, 0.2) is 12.7 Å². The molecule has 2 rings (SSSR count). The summed E-state index contributed by atoms with van der Waals surface area (Å²) in [7, 11) is 0. The monoisotopic (exact) mass is 370 g/mol. The van der Waals surface area contributed by atoms with Crippen molar-refractivity contribution in [2.24, 2.45) is 0 Å². The van der Waals surface area contributed by atoms with Gasteiger partial charge in [-0.05, 0) is 43.3 Å². The van der Waals surface area contributed by atoms with E-state index in [1.54, 1.807) is 42.5 Å². The zero-order valence-corrected chi connectivity index (χ0v) is 14.5. The van der Waals surface area contributed by atoms with Gasteiger partial charge in [-0.3, -0.25) is 25.2 Å². The summed E-state index contributed by atoms with van der Waals surface area (Å²) in [5.41, 5.74) is 5.27. The topological polar surface area (TPSA) is 111 Å². The van der Waals surface area contributed by atoms with Crippen molar-refractivity contribution in [1.82, 2.24) is 10.9 Å². The summed E-state index contributed by atoms with van der Waals surface area (Å²) < 4.78 is 10.1. The number of nitrogens with one attached hydrogen (secondary N) is 2. The predicted octanol–water partition coefficient (Wildman–Crippen LogP) is 1.27. The molecule has 8 heteroatoms. The van der Waals surface area contributed by atoms with Crippen molar-refractivity contribution in [3.63, 3.8) is 0 Å². The van der Waals surface area contributed by atoms with Gasteiger partial charge in [0, 0.05) is 11.1 Å². The third-order valence-corrected chi connectivity index (χ3v) is 3.39. The van der Waals surface area contributed by atoms with E-state index in [9.17, 15) is 19.2 Å². The summed E-state index contributed by atoms with van der Waals surface area (Å²) in [6.45, 7) is 0.954. The van der Waals surface area contributed by atoms with Crippen molar-refractivity contribution in [1.29, 1.82) is 0 Å². The molecule has 0 aliphatic rings. The van der Waals surface area contributed by atoms with Crippen LogP contribution < -0.4 is 15.6 Å². The lowest BCUT2D eigenvalue weighted by Crippen LogP contribution is -2.47. The highest BCUT2D eigenvalue weighted by Crippen LogP contribution is 2.11. The van der Waals surface area contributed by atoms with E-state index in [2.05, 4.69) is 10.9 Å². The maximum atomic E-state index is 11.9. The van der Waals surface area contributed by atoms with E-state index in [4.69, 9.17) is 9.47 Å². The number of rotatable bonds is 7. The Labute approximate surface area is 155 Å². The Bertz CT molecular complexity index is 805. The molecule has 0 aliphatic heterocycles. The lowest BCUT2D eigenvalue weighted by Gasteiger charge is -2.14. The van der Waals surface area contributed by atoms with Crippen molar-refractivity contribution in [2.45, 2.75) is 13.0 Å². The van der Waals surface area contributed by atoms with Crippen LogP contribution in [0, 0.1) is 0 Å². The largest absolute Gasteiger partial charge is 0.482 e. The fraction of sp³-hybridized carbons (Fsp3) is 0.158. The van der Waals surface area contributed by atoms with Gasteiger partial charge < -0.3 is 9.47 Å². The molecule has 27 heavy (non-hydrogen) atoms. The van der Waals surface area contributed by atoms with Gasteiger partial charge in [0.05, 0.1) is 0 Å². The van der Waals surface area contributed by atoms with Gasteiger partial charge in [-0.2, -0.15) is 0 Å². The highest BCUT2D eigenvalue weighted by molar-refractivity contribution is 5.95. The molecule has 2 aromatic carbocycles. The first-order valence-corrected chi connectivity index (χ1v) is 8.02. The number of hydrazine groups is 1. The van der Waals surface area contributed by atoms with Crippen LogP contribution >= 0.6 is 0 Å². The van der Waals surface area contributed by atoms with Crippen molar-refractivity contribution >= 4 is 24.1 Å². The fourth-order valence-corrected chi connectivity index (χ4v) is 1.95. The molecular weight excluding hydrogens is 352 g/mol. The molecule has 2 N–H and O–H groups in total. The van der Waals surface area contributed by atoms with E-state index in [1.165, 1.54) is 19.1 Å². The molecule has 0 spiro atoms. The number of carbonyl (C=O) groups excluding carboxylic acids is 4. The lowest BCUT2D eigenvalue weighted by atomic mass is 10.2. The Morgan fingerprint density at radius 2 is 1.67 bits per heavy atom. The summed E-state index contributed by atoms with van der Waals surface area (Å²) >= 11 is 0. The molecule has 1 atom stereocenters. The average molecular weight is 370 g/mol. The first-order valence-electron chi connectivity index (χ1n) is 8.02. The number of ether oxygens (including phenoxy) is 2. The first kappa shape index (κ1) is 19.6. The van der Waals surface area contributed by atoms with E-state index >= 15 is 0 Å². The molecule has 2 aromatic rings. The number of hydrogen-bond donors (Lipinski definition) is 2. The molecule has 0 saturated heterocycles. The van der Waals surface area contributed by atoms with Gasteiger partial charge in [0.1, 0.15) is 12.0 Å². The van der Waals surface area contributed by atoms with Crippen LogP contribution in [0.25, 0.3) is 0 Å². The van der Waals surface area contributed by atoms with Crippen molar-refractivity contribution in [2.75, 3.05) is 6.61 Å². The minimum atomic E-state index is -1.13. The SMILES string of the molecule is C[C@H](OC(=O)COc1ccc(C=O)cc1)C(=O)NNC(=O)c1ccccc1. The molecular formula is C19H18N2O6. The van der Waals surface area contributed by atoms with Crippen LogP contribution in [0.2, 0.25) is 0 Å². The van der Waals surface area contributed by atoms with Crippen molar-refractivity contribution in [3.05, 3.63) is 65.7 Å². The Morgan fingerprint density at radius 3 is 2.30 bits per heavy atom. The van der Waals surface area contributed by atoms with Crippen molar-refractivity contribution < 1.29 is 28.7 Å². The zero-order valence-electron chi connectivity index (χ0n) is 14.5. The summed E-state index contributed by atoms with van der Waals surface area (Å²) in [6, 6.07) is 14.5. The number of hydrogen-bond acceptors (Lipinski definition) is 6. The van der Waals surface area contributed by atoms with Crippen LogP contribution in [-0.4, -0.2) is 36.8 Å². The van der Waals surface area contributed by atoms with Gasteiger partial charge in [0.25, 0.3) is 11.8 Å². The summed E-state index contributed by atoms with van der Waals surface area (Å²) in [4.78, 5) is 46.0. The van der Waals surface area contributed by atoms with Crippen LogP contribution in [0.15, 0.2) is 54.6 Å². The summed E-state index contributed by atoms with van der Waals surface area (Å²) in [5, 5.41) is 0. The van der Waals surface area contributed by atoms with E-state index in [0.717, 1.165) is 0 Å². The van der Waals surface area contributed by atoms with Crippen LogP contribution in [0.4, 0.5) is 0 Å². The molecule has 2 amide bonds. The van der Waals surface area contributed by atoms with E-state index in [1.807, 2.05) is 0 Å². The predicted molar refractivity (Wildman–Crippen MR) is 94.9 cm³/mol. The minimum absolute atomic E-state index is 0.372. The van der Waals surface area contributed by atoms with Crippen LogP contribution in [0.3, 0.4) is 0 Å². The Hall–Kier alpha value is -3.68. The highest BCUT2D eigenvalue weighted by Gasteiger charge is 2.19. The first-order chi connectivity index (χ1) is 13.0. The molecule has 8 nitrogen and oxygen atoms in total. The average Bonchev–Trinajstić information content (AvgIpc) is 2.71. The van der Waals surface area contributed by atoms with E-state index in [0.29, 0.717) is 23.2 Å². The van der Waals surface area contributed by atoms with E-state index < -0.39 is 30.5 Å². The lowest BCUT2D eigenvalue weighted by molar-refractivity contribution is -0.156. The van der Waals surface area contributed by atoms with Crippen LogP contribution in [0.1, 0.15) is 27.6 Å². The molecule has 140 valence electrons. The summed E-state index contributed by atoms with van der Waals surface area (Å²) in [5.74, 6) is -1.57. The van der Waals surface area contributed by atoms with Crippen LogP contribution in [-0.2, 0) is 14.3 Å². The Balaban J connectivity index is 1.73. The van der Waals surface area contributed by atoms with Gasteiger partial charge in [0.2, 0.25) is 0 Å². The second-order valence-electron chi connectivity index (χ2n) is 5.42. The molecule has 0 radical (unpaired) electrons. The number of amides is 2. The van der Waals surface area contributed by atoms with Gasteiger partial charge in [-0.15, -0.1) is 0 Å². The second-order valence-corrected chi connectivity index (χ2v) is 5.42. The maximum Gasteiger partial charge on any atom is 0.344 e. The summed E-state index contributed by atoms with van der Waals surface area (Å²) in [6.07, 6.45) is -0.441. The minimum Gasteiger partial charge on any atom is -0.482 e. The highest BCUT2D eigenvalue weighted by atomic mass is 16.6. The molecule has 0 bridgehead atoms. The van der Waals surface area contributed by atoms with E-state index in [-0.39, 0.29) is 0 Å². The third-order valence-electron chi connectivity index (χ3n) is 3.39. The Kier molecular flexibility index (Phi) is 7.07. The number of carbonyl (C=O) groups is 4. The number of benzene rings is 2. The fourth-order valence-electron chi connectivity index (χ4n) is 1.95. The zero-order chi connectivity index (χ0) is 19.6. The molecule has 0 aromatic heterocycles. The van der Waals surface area contributed by atoms with Crippen LogP contribution in [0.5, 0.6) is 5.75 Å². The molecule has 0 unspecified atom stereocenters. The molecule has 0 saturated carbocycles. The number of esters is 1. The standard InChI is InChI=1S/C19H18N2O6/c1-13(18(24)20-21-19(25)15-5-3-2-4-6-15)27-17(23)12-26-16-9-7-14(11-22)8-10-16/h2-11,13H,12H2,1H3,(H,20,24)(H,21,25)/t13-/m0/s1. The van der Waals surface area contributed by atoms with Gasteiger partial charge in [-0.1, -0.05) is 18.2 Å².